The van der Waals surface area contributed by atoms with Crippen LogP contribution in [-0.2, 0) is 0 Å². The average molecular weight is 602 g/mol. The lowest BCUT2D eigenvalue weighted by Gasteiger charge is -2.21. The number of para-hydroxylation sites is 2. The van der Waals surface area contributed by atoms with Crippen molar-refractivity contribution in [2.75, 3.05) is 0 Å². The Hall–Kier alpha value is -5.57. The molecule has 1 aromatic heterocycles. The highest BCUT2D eigenvalue weighted by Crippen LogP contribution is 2.50. The first kappa shape index (κ1) is 25.7. The normalized spacial score (nSPS) is 12.3. The van der Waals surface area contributed by atoms with Crippen LogP contribution in [0.1, 0.15) is 0 Å². The highest BCUT2D eigenvalue weighted by atomic mass is 32.2. The Morgan fingerprint density at radius 3 is 2.00 bits per heavy atom. The highest BCUT2D eigenvalue weighted by molar-refractivity contribution is 7.99. The molecule has 8 aromatic carbocycles. The molecule has 0 unspecified atom stereocenters. The molecule has 0 atom stereocenters. The molecule has 0 spiro atoms. The maximum absolute atomic E-state index is 2.45. The summed E-state index contributed by atoms with van der Waals surface area (Å²) in [7, 11) is 0. The minimum Gasteiger partial charge on any atom is -0.309 e. The number of rotatable bonds is 3. The lowest BCUT2D eigenvalue weighted by molar-refractivity contribution is 1.18. The first-order valence-electron chi connectivity index (χ1n) is 15.8. The smallest absolute Gasteiger partial charge is 0.0625 e. The lowest BCUT2D eigenvalue weighted by atomic mass is 9.90. The van der Waals surface area contributed by atoms with E-state index in [1.54, 1.807) is 0 Å². The van der Waals surface area contributed by atoms with E-state index >= 15 is 0 Å². The number of fused-ring (bicyclic) bond motifs is 6. The minimum atomic E-state index is 1.17. The van der Waals surface area contributed by atoms with Crippen molar-refractivity contribution in [3.8, 4) is 39.1 Å². The van der Waals surface area contributed by atoms with E-state index < -0.39 is 0 Å². The Labute approximate surface area is 271 Å². The fourth-order valence-corrected chi connectivity index (χ4v) is 8.71. The van der Waals surface area contributed by atoms with Gasteiger partial charge in [-0.05, 0) is 80.4 Å². The van der Waals surface area contributed by atoms with Crippen molar-refractivity contribution >= 4 is 55.1 Å². The maximum Gasteiger partial charge on any atom is 0.0625 e. The average Bonchev–Trinajstić information content (AvgIpc) is 3.45. The molecule has 0 saturated heterocycles. The first-order chi connectivity index (χ1) is 22.8. The summed E-state index contributed by atoms with van der Waals surface area (Å²) in [4.78, 5) is 2.66. The molecule has 10 rings (SSSR count). The summed E-state index contributed by atoms with van der Waals surface area (Å²) in [6.07, 6.45) is 0. The monoisotopic (exact) mass is 601 g/mol. The third kappa shape index (κ3) is 3.71. The van der Waals surface area contributed by atoms with E-state index in [0.29, 0.717) is 0 Å². The highest BCUT2D eigenvalue weighted by Gasteiger charge is 2.22. The van der Waals surface area contributed by atoms with Crippen molar-refractivity contribution < 1.29 is 0 Å². The number of hydrogen-bond donors (Lipinski definition) is 0. The predicted octanol–water partition coefficient (Wildman–Crippen LogP) is 12.6. The molecule has 1 aliphatic rings. The van der Waals surface area contributed by atoms with E-state index in [9.17, 15) is 0 Å². The summed E-state index contributed by atoms with van der Waals surface area (Å²) >= 11 is 1.88. The van der Waals surface area contributed by atoms with Crippen LogP contribution in [0.4, 0.5) is 0 Å². The summed E-state index contributed by atoms with van der Waals surface area (Å²) in [5, 5.41) is 7.73. The van der Waals surface area contributed by atoms with Gasteiger partial charge in [0.05, 0.1) is 11.0 Å². The molecule has 9 aromatic rings. The number of aromatic nitrogens is 1. The van der Waals surface area contributed by atoms with Gasteiger partial charge < -0.3 is 4.57 Å². The van der Waals surface area contributed by atoms with Gasteiger partial charge in [0, 0.05) is 37.2 Å². The lowest BCUT2D eigenvalue weighted by Crippen LogP contribution is -1.96. The quantitative estimate of drug-likeness (QED) is 0.195. The Morgan fingerprint density at radius 2 is 1.11 bits per heavy atom. The Bertz CT molecular complexity index is 2650. The van der Waals surface area contributed by atoms with Crippen molar-refractivity contribution in [3.63, 3.8) is 0 Å². The van der Waals surface area contributed by atoms with Gasteiger partial charge in [-0.2, -0.15) is 0 Å². The zero-order valence-corrected chi connectivity index (χ0v) is 25.8. The number of nitrogens with zero attached hydrogens (tertiary/aromatic N) is 1. The maximum atomic E-state index is 2.45. The van der Waals surface area contributed by atoms with E-state index in [-0.39, 0.29) is 0 Å². The molecule has 0 saturated carbocycles. The SMILES string of the molecule is c1ccc(-n2c3ccccc3c3cc4ccccc4c(-c4ccc(-c5ccc6c7c(cccc57)-c5ccccc5S6)cc4)c32)cc1. The van der Waals surface area contributed by atoms with Gasteiger partial charge in [0.25, 0.3) is 0 Å². The molecule has 0 N–H and O–H groups in total. The zero-order chi connectivity index (χ0) is 30.2. The second kappa shape index (κ2) is 9.97. The molecule has 0 radical (unpaired) electrons. The van der Waals surface area contributed by atoms with Crippen LogP contribution in [0.25, 0.3) is 82.4 Å². The second-order valence-electron chi connectivity index (χ2n) is 12.1. The van der Waals surface area contributed by atoms with Crippen LogP contribution in [0.5, 0.6) is 0 Å². The largest absolute Gasteiger partial charge is 0.309 e. The molecule has 0 bridgehead atoms. The molecule has 0 aliphatic carbocycles. The number of benzene rings is 8. The van der Waals surface area contributed by atoms with E-state index in [2.05, 4.69) is 168 Å². The molecule has 1 nitrogen and oxygen atoms in total. The third-order valence-electron chi connectivity index (χ3n) is 9.58. The van der Waals surface area contributed by atoms with Crippen LogP contribution in [0, 0.1) is 0 Å². The summed E-state index contributed by atoms with van der Waals surface area (Å²) in [5.74, 6) is 0. The summed E-state index contributed by atoms with van der Waals surface area (Å²) in [6, 6.07) is 60.2. The Kier molecular flexibility index (Phi) is 5.58. The Morgan fingerprint density at radius 1 is 0.413 bits per heavy atom. The van der Waals surface area contributed by atoms with Crippen LogP contribution in [0.15, 0.2) is 174 Å². The van der Waals surface area contributed by atoms with Gasteiger partial charge in [0.15, 0.2) is 0 Å². The second-order valence-corrected chi connectivity index (χ2v) is 13.2. The van der Waals surface area contributed by atoms with Crippen molar-refractivity contribution in [1.82, 2.24) is 4.57 Å². The Balaban J connectivity index is 1.21. The zero-order valence-electron chi connectivity index (χ0n) is 24.9. The van der Waals surface area contributed by atoms with E-state index in [1.807, 2.05) is 11.8 Å². The van der Waals surface area contributed by atoms with Crippen LogP contribution >= 0.6 is 11.8 Å². The van der Waals surface area contributed by atoms with Gasteiger partial charge in [-0.25, -0.2) is 0 Å². The minimum absolute atomic E-state index is 1.17. The van der Waals surface area contributed by atoms with Gasteiger partial charge in [0.1, 0.15) is 0 Å². The number of hydrogen-bond acceptors (Lipinski definition) is 1. The van der Waals surface area contributed by atoms with Crippen LogP contribution in [0.3, 0.4) is 0 Å². The predicted molar refractivity (Wildman–Crippen MR) is 196 cm³/mol. The van der Waals surface area contributed by atoms with Gasteiger partial charge in [-0.1, -0.05) is 139 Å². The van der Waals surface area contributed by atoms with Gasteiger partial charge in [-0.15, -0.1) is 0 Å². The fraction of sp³-hybridized carbons (Fsp3) is 0. The van der Waals surface area contributed by atoms with Gasteiger partial charge >= 0.3 is 0 Å². The third-order valence-corrected chi connectivity index (χ3v) is 10.7. The molecular formula is C44H27NS. The summed E-state index contributed by atoms with van der Waals surface area (Å²) < 4.78 is 2.45. The van der Waals surface area contributed by atoms with Crippen molar-refractivity contribution in [2.45, 2.75) is 9.79 Å². The molecule has 2 heterocycles. The molecule has 0 amide bonds. The standard InChI is InChI=1S/C44H27NS/c1-2-12-31(13-3-1)45-39-19-8-6-15-34(39)38-27-30-11-4-5-14-33(30)42(44(38)45)29-23-21-28(22-24-29)32-25-26-41-43-36(32)17-10-18-37(43)35-16-7-9-20-40(35)46-41/h1-27H. The van der Waals surface area contributed by atoms with Crippen LogP contribution in [0.2, 0.25) is 0 Å². The molecule has 2 heteroatoms. The summed E-state index contributed by atoms with van der Waals surface area (Å²) in [5.41, 5.74) is 11.3. The molecule has 214 valence electrons. The van der Waals surface area contributed by atoms with Gasteiger partial charge in [-0.3, -0.25) is 0 Å². The topological polar surface area (TPSA) is 4.93 Å². The van der Waals surface area contributed by atoms with Crippen LogP contribution in [-0.4, -0.2) is 4.57 Å². The van der Waals surface area contributed by atoms with Gasteiger partial charge in [0.2, 0.25) is 0 Å². The van der Waals surface area contributed by atoms with Crippen LogP contribution < -0.4 is 0 Å². The van der Waals surface area contributed by atoms with E-state index in [4.69, 9.17) is 0 Å². The van der Waals surface area contributed by atoms with E-state index in [1.165, 1.54) is 92.2 Å². The van der Waals surface area contributed by atoms with Crippen molar-refractivity contribution in [3.05, 3.63) is 164 Å². The molecule has 1 aliphatic heterocycles. The first-order valence-corrected chi connectivity index (χ1v) is 16.6. The fourth-order valence-electron chi connectivity index (χ4n) is 7.58. The van der Waals surface area contributed by atoms with Crippen molar-refractivity contribution in [2.24, 2.45) is 0 Å². The molecule has 46 heavy (non-hydrogen) atoms. The molecule has 0 fully saturated rings. The van der Waals surface area contributed by atoms with E-state index in [0.717, 1.165) is 0 Å². The summed E-state index contributed by atoms with van der Waals surface area (Å²) in [6.45, 7) is 0. The molecular weight excluding hydrogens is 575 g/mol. The van der Waals surface area contributed by atoms with Crippen molar-refractivity contribution in [1.29, 1.82) is 0 Å².